The highest BCUT2D eigenvalue weighted by Gasteiger charge is 2.33. The normalized spacial score (nSPS) is 17.0. The summed E-state index contributed by atoms with van der Waals surface area (Å²) >= 11 is 6.11. The lowest BCUT2D eigenvalue weighted by molar-refractivity contribution is -0.138. The van der Waals surface area contributed by atoms with Crippen LogP contribution in [0.25, 0.3) is 0 Å². The van der Waals surface area contributed by atoms with Gasteiger partial charge in [-0.05, 0) is 78.9 Å². The summed E-state index contributed by atoms with van der Waals surface area (Å²) in [6, 6.07) is 16.9. The summed E-state index contributed by atoms with van der Waals surface area (Å²) in [5, 5.41) is 9.98. The number of carboxylic acid groups (broad SMARTS) is 1. The Morgan fingerprint density at radius 1 is 1.05 bits per heavy atom. The Hall–Kier alpha value is -3.52. The molecule has 3 aromatic carbocycles. The average molecular weight is 532 g/mol. The minimum absolute atomic E-state index is 0.144. The van der Waals surface area contributed by atoms with Crippen molar-refractivity contribution in [2.45, 2.75) is 44.5 Å². The summed E-state index contributed by atoms with van der Waals surface area (Å²) < 4.78 is 44.9. The number of aryl methyl sites for hydroxylation is 1. The van der Waals surface area contributed by atoms with Gasteiger partial charge in [0.1, 0.15) is 17.9 Å². The van der Waals surface area contributed by atoms with Gasteiger partial charge in [0.15, 0.2) is 0 Å². The van der Waals surface area contributed by atoms with Crippen molar-refractivity contribution in [2.24, 2.45) is 0 Å². The van der Waals surface area contributed by atoms with E-state index in [2.05, 4.69) is 0 Å². The van der Waals surface area contributed by atoms with Crippen LogP contribution in [-0.4, -0.2) is 34.0 Å². The van der Waals surface area contributed by atoms with E-state index in [0.717, 1.165) is 28.2 Å². The van der Waals surface area contributed by atoms with E-state index in [9.17, 15) is 27.9 Å². The number of hydrogen-bond acceptors (Lipinski definition) is 3. The van der Waals surface area contributed by atoms with Crippen LogP contribution in [0.15, 0.2) is 66.7 Å². The number of ether oxygens (including phenoxy) is 1. The van der Waals surface area contributed by atoms with Crippen LogP contribution in [0, 0.1) is 0 Å². The first-order chi connectivity index (χ1) is 17.4. The number of benzene rings is 3. The number of alkyl halides is 3. The van der Waals surface area contributed by atoms with Crippen LogP contribution in [-0.2, 0) is 30.4 Å². The molecule has 3 aromatic rings. The fourth-order valence-corrected chi connectivity index (χ4v) is 4.70. The summed E-state index contributed by atoms with van der Waals surface area (Å²) in [6.07, 6.45) is -2.46. The van der Waals surface area contributed by atoms with E-state index in [4.69, 9.17) is 16.3 Å². The lowest BCUT2D eigenvalue weighted by atomic mass is 9.87. The monoisotopic (exact) mass is 531 g/mol. The molecule has 4 rings (SSSR count). The molecule has 1 atom stereocenters. The lowest BCUT2D eigenvalue weighted by Gasteiger charge is -2.36. The first-order valence-corrected chi connectivity index (χ1v) is 12.0. The second kappa shape index (κ2) is 10.5. The molecule has 1 N–H and O–H groups in total. The number of carbonyl (C=O) groups is 2. The molecule has 37 heavy (non-hydrogen) atoms. The quantitative estimate of drug-likeness (QED) is 0.382. The van der Waals surface area contributed by atoms with E-state index in [-0.39, 0.29) is 12.1 Å². The third kappa shape index (κ3) is 6.63. The van der Waals surface area contributed by atoms with E-state index in [1.54, 1.807) is 18.2 Å². The zero-order valence-electron chi connectivity index (χ0n) is 20.0. The van der Waals surface area contributed by atoms with Crippen molar-refractivity contribution >= 4 is 23.5 Å². The van der Waals surface area contributed by atoms with Gasteiger partial charge >= 0.3 is 12.1 Å². The van der Waals surface area contributed by atoms with Gasteiger partial charge in [-0.3, -0.25) is 9.59 Å². The summed E-state index contributed by atoms with van der Waals surface area (Å²) in [6.45, 7) is 1.29. The zero-order chi connectivity index (χ0) is 26.8. The standard InChI is InChI=1S/C28H25ClF3NO4/c1-27(15-19-3-2-4-23(29)13-19)12-11-20-14-21(7-10-24(20)37-27)26(36)33(17-25(34)35)16-18-5-8-22(9-6-18)28(30,31)32/h2-10,13-14H,11-12,15-17H2,1H3,(H,34,35)/t27-/m1/s1. The number of aliphatic carboxylic acids is 1. The van der Waals surface area contributed by atoms with Crippen LogP contribution in [0.4, 0.5) is 13.2 Å². The molecule has 1 amide bonds. The molecule has 194 valence electrons. The molecule has 0 saturated heterocycles. The minimum Gasteiger partial charge on any atom is -0.487 e. The Kier molecular flexibility index (Phi) is 7.50. The van der Waals surface area contributed by atoms with Gasteiger partial charge in [0.2, 0.25) is 0 Å². The van der Waals surface area contributed by atoms with Gasteiger partial charge in [0, 0.05) is 23.6 Å². The van der Waals surface area contributed by atoms with Crippen molar-refractivity contribution in [1.82, 2.24) is 4.90 Å². The minimum atomic E-state index is -4.48. The maximum atomic E-state index is 13.2. The molecule has 0 bridgehead atoms. The average Bonchev–Trinajstić information content (AvgIpc) is 2.82. The fourth-order valence-electron chi connectivity index (χ4n) is 4.49. The Labute approximate surface area is 217 Å². The zero-order valence-corrected chi connectivity index (χ0v) is 20.8. The van der Waals surface area contributed by atoms with Gasteiger partial charge in [0.05, 0.1) is 5.56 Å². The van der Waals surface area contributed by atoms with E-state index in [1.165, 1.54) is 12.1 Å². The lowest BCUT2D eigenvalue weighted by Crippen LogP contribution is -2.39. The number of halogens is 4. The van der Waals surface area contributed by atoms with Crippen LogP contribution in [0.1, 0.15) is 46.0 Å². The molecular formula is C28H25ClF3NO4. The van der Waals surface area contributed by atoms with Crippen molar-refractivity contribution < 1.29 is 32.6 Å². The van der Waals surface area contributed by atoms with Crippen molar-refractivity contribution in [3.8, 4) is 5.75 Å². The third-order valence-corrected chi connectivity index (χ3v) is 6.56. The highest BCUT2D eigenvalue weighted by molar-refractivity contribution is 6.30. The summed E-state index contributed by atoms with van der Waals surface area (Å²) in [5.74, 6) is -1.10. The third-order valence-electron chi connectivity index (χ3n) is 6.32. The van der Waals surface area contributed by atoms with E-state index < -0.39 is 35.8 Å². The van der Waals surface area contributed by atoms with Crippen molar-refractivity contribution in [1.29, 1.82) is 0 Å². The van der Waals surface area contributed by atoms with Crippen LogP contribution in [0.5, 0.6) is 5.75 Å². The molecule has 0 spiro atoms. The fraction of sp³-hybridized carbons (Fsp3) is 0.286. The van der Waals surface area contributed by atoms with Gasteiger partial charge in [-0.1, -0.05) is 35.9 Å². The smallest absolute Gasteiger partial charge is 0.416 e. The molecule has 1 heterocycles. The Balaban J connectivity index is 1.50. The second-order valence-corrected chi connectivity index (χ2v) is 9.87. The first-order valence-electron chi connectivity index (χ1n) is 11.7. The van der Waals surface area contributed by atoms with Crippen LogP contribution >= 0.6 is 11.6 Å². The predicted molar refractivity (Wildman–Crippen MR) is 133 cm³/mol. The molecule has 5 nitrogen and oxygen atoms in total. The molecule has 0 radical (unpaired) electrons. The molecular weight excluding hydrogens is 507 g/mol. The number of fused-ring (bicyclic) bond motifs is 1. The Bertz CT molecular complexity index is 1310. The highest BCUT2D eigenvalue weighted by atomic mass is 35.5. The number of amides is 1. The maximum absolute atomic E-state index is 13.2. The second-order valence-electron chi connectivity index (χ2n) is 9.43. The van der Waals surface area contributed by atoms with Gasteiger partial charge in [0.25, 0.3) is 5.91 Å². The van der Waals surface area contributed by atoms with Gasteiger partial charge in [-0.15, -0.1) is 0 Å². The number of hydrogen-bond donors (Lipinski definition) is 1. The number of carbonyl (C=O) groups excluding carboxylic acids is 1. The van der Waals surface area contributed by atoms with Crippen LogP contribution < -0.4 is 4.74 Å². The Morgan fingerprint density at radius 3 is 2.43 bits per heavy atom. The molecule has 0 unspecified atom stereocenters. The molecule has 0 aromatic heterocycles. The number of rotatable bonds is 7. The topological polar surface area (TPSA) is 66.8 Å². The molecule has 0 fully saturated rings. The van der Waals surface area contributed by atoms with Crippen LogP contribution in [0.2, 0.25) is 5.02 Å². The molecule has 0 saturated carbocycles. The van der Waals surface area contributed by atoms with Gasteiger partial charge in [-0.25, -0.2) is 0 Å². The maximum Gasteiger partial charge on any atom is 0.416 e. The summed E-state index contributed by atoms with van der Waals surface area (Å²) in [7, 11) is 0. The molecule has 1 aliphatic heterocycles. The van der Waals surface area contributed by atoms with E-state index in [0.29, 0.717) is 35.6 Å². The highest BCUT2D eigenvalue weighted by Crippen LogP contribution is 2.36. The van der Waals surface area contributed by atoms with E-state index >= 15 is 0 Å². The van der Waals surface area contributed by atoms with Gasteiger partial charge in [-0.2, -0.15) is 13.2 Å². The van der Waals surface area contributed by atoms with Gasteiger partial charge < -0.3 is 14.7 Å². The summed E-state index contributed by atoms with van der Waals surface area (Å²) in [5.41, 5.74) is 1.29. The largest absolute Gasteiger partial charge is 0.487 e. The van der Waals surface area contributed by atoms with Crippen LogP contribution in [0.3, 0.4) is 0 Å². The van der Waals surface area contributed by atoms with Crippen molar-refractivity contribution in [2.75, 3.05) is 6.54 Å². The molecule has 9 heteroatoms. The first kappa shape index (κ1) is 26.5. The number of nitrogens with zero attached hydrogens (tertiary/aromatic N) is 1. The van der Waals surface area contributed by atoms with Crippen molar-refractivity contribution in [3.05, 3.63) is 99.6 Å². The number of carboxylic acids is 1. The molecule has 1 aliphatic rings. The summed E-state index contributed by atoms with van der Waals surface area (Å²) in [4.78, 5) is 25.7. The Morgan fingerprint density at radius 2 is 1.78 bits per heavy atom. The SMILES string of the molecule is C[C@]1(Cc2cccc(Cl)c2)CCc2cc(C(=O)N(CC(=O)O)Cc3ccc(C(F)(F)F)cc3)ccc2O1. The predicted octanol–water partition coefficient (Wildman–Crippen LogP) is 6.41. The molecule has 0 aliphatic carbocycles. The van der Waals surface area contributed by atoms with E-state index in [1.807, 2.05) is 31.2 Å². The van der Waals surface area contributed by atoms with Crippen molar-refractivity contribution in [3.63, 3.8) is 0 Å².